The monoisotopic (exact) mass is 444 g/mol. The lowest BCUT2D eigenvalue weighted by Crippen LogP contribution is -2.36. The lowest BCUT2D eigenvalue weighted by atomic mass is 10.2. The number of halogens is 2. The van der Waals surface area contributed by atoms with Gasteiger partial charge in [0.1, 0.15) is 0 Å². The van der Waals surface area contributed by atoms with Gasteiger partial charge in [-0.2, -0.15) is 4.31 Å². The van der Waals surface area contributed by atoms with Gasteiger partial charge in [-0.25, -0.2) is 13.2 Å². The van der Waals surface area contributed by atoms with Gasteiger partial charge in [0.25, 0.3) is 0 Å². The van der Waals surface area contributed by atoms with Gasteiger partial charge in [0.15, 0.2) is 0 Å². The Labute approximate surface area is 173 Å². The Morgan fingerprint density at radius 1 is 1.07 bits per heavy atom. The fraction of sp³-hybridized carbons (Fsp3) is 0.222. The summed E-state index contributed by atoms with van der Waals surface area (Å²) in [5.41, 5.74) is 1.34. The van der Waals surface area contributed by atoms with E-state index < -0.39 is 28.4 Å². The molecule has 10 heteroatoms. The second kappa shape index (κ2) is 9.38. The number of benzene rings is 2. The van der Waals surface area contributed by atoms with Crippen LogP contribution in [0.1, 0.15) is 15.9 Å². The molecule has 0 aliphatic heterocycles. The number of carbonyl (C=O) groups excluding carboxylic acids is 2. The van der Waals surface area contributed by atoms with Crippen molar-refractivity contribution in [2.75, 3.05) is 25.2 Å². The molecule has 150 valence electrons. The van der Waals surface area contributed by atoms with E-state index in [0.29, 0.717) is 26.9 Å². The molecule has 0 unspecified atom stereocenters. The molecule has 0 bridgehead atoms. The number of hydrogen-bond donors (Lipinski definition) is 1. The van der Waals surface area contributed by atoms with Crippen LogP contribution >= 0.6 is 23.2 Å². The van der Waals surface area contributed by atoms with Crippen LogP contribution in [0.15, 0.2) is 42.5 Å². The Kier molecular flexibility index (Phi) is 7.42. The molecule has 0 radical (unpaired) electrons. The van der Waals surface area contributed by atoms with E-state index in [1.807, 2.05) is 0 Å². The molecule has 0 heterocycles. The maximum absolute atomic E-state index is 12.3. The summed E-state index contributed by atoms with van der Waals surface area (Å²) in [5, 5.41) is 3.24. The number of esters is 1. The van der Waals surface area contributed by atoms with Gasteiger partial charge in [-0.05, 0) is 42.0 Å². The second-order valence-corrected chi connectivity index (χ2v) is 8.69. The molecule has 28 heavy (non-hydrogen) atoms. The van der Waals surface area contributed by atoms with Crippen molar-refractivity contribution >= 4 is 50.8 Å². The fourth-order valence-electron chi connectivity index (χ4n) is 2.30. The van der Waals surface area contributed by atoms with Crippen molar-refractivity contribution in [1.82, 2.24) is 4.31 Å². The first-order valence-corrected chi connectivity index (χ1v) is 10.6. The SMILES string of the molecule is COC(=O)c1ccc(NC(=O)CN(Cc2ccc(Cl)c(Cl)c2)S(C)(=O)=O)cc1. The average Bonchev–Trinajstić information content (AvgIpc) is 2.63. The minimum absolute atomic E-state index is 0.0373. The van der Waals surface area contributed by atoms with Crippen molar-refractivity contribution in [3.63, 3.8) is 0 Å². The molecule has 1 N–H and O–H groups in total. The number of ether oxygens (including phenoxy) is 1. The van der Waals surface area contributed by atoms with E-state index in [1.165, 1.54) is 31.4 Å². The number of hydrogen-bond acceptors (Lipinski definition) is 5. The molecule has 0 fully saturated rings. The van der Waals surface area contributed by atoms with Gasteiger partial charge in [-0.3, -0.25) is 4.79 Å². The van der Waals surface area contributed by atoms with Crippen molar-refractivity contribution in [2.45, 2.75) is 6.54 Å². The lowest BCUT2D eigenvalue weighted by molar-refractivity contribution is -0.116. The van der Waals surface area contributed by atoms with Gasteiger partial charge >= 0.3 is 5.97 Å². The van der Waals surface area contributed by atoms with Crippen LogP contribution in [-0.2, 0) is 26.1 Å². The van der Waals surface area contributed by atoms with Gasteiger partial charge in [-0.1, -0.05) is 29.3 Å². The zero-order chi connectivity index (χ0) is 20.9. The van der Waals surface area contributed by atoms with Crippen LogP contribution < -0.4 is 5.32 Å². The number of nitrogens with zero attached hydrogens (tertiary/aromatic N) is 1. The molecule has 7 nitrogen and oxygen atoms in total. The number of methoxy groups -OCH3 is 1. The van der Waals surface area contributed by atoms with Crippen LogP contribution in [0.2, 0.25) is 10.0 Å². The van der Waals surface area contributed by atoms with Gasteiger partial charge in [0, 0.05) is 12.2 Å². The molecule has 0 atom stereocenters. The van der Waals surface area contributed by atoms with Gasteiger partial charge in [0.2, 0.25) is 15.9 Å². The number of anilines is 1. The summed E-state index contributed by atoms with van der Waals surface area (Å²) in [6.07, 6.45) is 1.02. The Bertz CT molecular complexity index is 978. The van der Waals surface area contributed by atoms with Crippen molar-refractivity contribution < 1.29 is 22.7 Å². The van der Waals surface area contributed by atoms with Crippen LogP contribution in [0.3, 0.4) is 0 Å². The molecule has 2 aromatic carbocycles. The molecule has 0 saturated heterocycles. The fourth-order valence-corrected chi connectivity index (χ4v) is 3.36. The van der Waals surface area contributed by atoms with E-state index in [-0.39, 0.29) is 6.54 Å². The first-order chi connectivity index (χ1) is 13.1. The van der Waals surface area contributed by atoms with Crippen LogP contribution in [-0.4, -0.2) is 44.5 Å². The zero-order valence-corrected chi connectivity index (χ0v) is 17.4. The number of sulfonamides is 1. The normalized spacial score (nSPS) is 11.3. The highest BCUT2D eigenvalue weighted by Gasteiger charge is 2.21. The van der Waals surface area contributed by atoms with E-state index in [2.05, 4.69) is 10.1 Å². The van der Waals surface area contributed by atoms with Crippen LogP contribution in [0.4, 0.5) is 5.69 Å². The number of carbonyl (C=O) groups is 2. The quantitative estimate of drug-likeness (QED) is 0.661. The molecule has 0 saturated carbocycles. The van der Waals surface area contributed by atoms with E-state index >= 15 is 0 Å². The topological polar surface area (TPSA) is 92.8 Å². The summed E-state index contributed by atoms with van der Waals surface area (Å²) in [6, 6.07) is 10.8. The molecule has 2 aromatic rings. The molecule has 2 rings (SSSR count). The summed E-state index contributed by atoms with van der Waals surface area (Å²) in [5.74, 6) is -1.03. The highest BCUT2D eigenvalue weighted by atomic mass is 35.5. The van der Waals surface area contributed by atoms with Gasteiger partial charge in [0.05, 0.1) is 35.5 Å². The predicted octanol–water partition coefficient (Wildman–Crippen LogP) is 3.18. The van der Waals surface area contributed by atoms with E-state index in [0.717, 1.165) is 10.6 Å². The third-order valence-corrected chi connectivity index (χ3v) is 5.66. The molecule has 0 aliphatic rings. The average molecular weight is 445 g/mol. The summed E-state index contributed by atoms with van der Waals surface area (Å²) in [6.45, 7) is -0.428. The molecule has 1 amide bonds. The Balaban J connectivity index is 2.08. The first kappa shape index (κ1) is 22.2. The van der Waals surface area contributed by atoms with Crippen molar-refractivity contribution in [1.29, 1.82) is 0 Å². The smallest absolute Gasteiger partial charge is 0.337 e. The van der Waals surface area contributed by atoms with E-state index in [1.54, 1.807) is 18.2 Å². The van der Waals surface area contributed by atoms with E-state index in [4.69, 9.17) is 23.2 Å². The molecule has 0 spiro atoms. The molecule has 0 aromatic heterocycles. The highest BCUT2D eigenvalue weighted by molar-refractivity contribution is 7.88. The third-order valence-electron chi connectivity index (χ3n) is 3.72. The number of nitrogens with one attached hydrogen (secondary N) is 1. The van der Waals surface area contributed by atoms with Crippen LogP contribution in [0, 0.1) is 0 Å². The van der Waals surface area contributed by atoms with Gasteiger partial charge in [-0.15, -0.1) is 0 Å². The van der Waals surface area contributed by atoms with E-state index in [9.17, 15) is 18.0 Å². The Morgan fingerprint density at radius 3 is 2.25 bits per heavy atom. The van der Waals surface area contributed by atoms with Crippen molar-refractivity contribution in [2.24, 2.45) is 0 Å². The summed E-state index contributed by atoms with van der Waals surface area (Å²) in [7, 11) is -2.39. The van der Waals surface area contributed by atoms with Crippen molar-refractivity contribution in [3.05, 3.63) is 63.6 Å². The predicted molar refractivity (Wildman–Crippen MR) is 108 cm³/mol. The summed E-state index contributed by atoms with van der Waals surface area (Å²) >= 11 is 11.8. The minimum atomic E-state index is -3.66. The maximum atomic E-state index is 12.3. The first-order valence-electron chi connectivity index (χ1n) is 7.97. The lowest BCUT2D eigenvalue weighted by Gasteiger charge is -2.20. The maximum Gasteiger partial charge on any atom is 0.337 e. The number of amides is 1. The Morgan fingerprint density at radius 2 is 1.71 bits per heavy atom. The van der Waals surface area contributed by atoms with Crippen LogP contribution in [0.25, 0.3) is 0 Å². The minimum Gasteiger partial charge on any atom is -0.465 e. The van der Waals surface area contributed by atoms with Crippen molar-refractivity contribution in [3.8, 4) is 0 Å². The van der Waals surface area contributed by atoms with Gasteiger partial charge < -0.3 is 10.1 Å². The number of rotatable bonds is 7. The molecular weight excluding hydrogens is 427 g/mol. The highest BCUT2D eigenvalue weighted by Crippen LogP contribution is 2.23. The molecule has 0 aliphatic carbocycles. The summed E-state index contributed by atoms with van der Waals surface area (Å²) < 4.78 is 29.7. The van der Waals surface area contributed by atoms with Crippen LogP contribution in [0.5, 0.6) is 0 Å². The standard InChI is InChI=1S/C18H18Cl2N2O5S/c1-27-18(24)13-4-6-14(7-5-13)21-17(23)11-22(28(2,25)26)10-12-3-8-15(19)16(20)9-12/h3-9H,10-11H2,1-2H3,(H,21,23). The zero-order valence-electron chi connectivity index (χ0n) is 15.1. The molecular formula is C18H18Cl2N2O5S. The second-order valence-electron chi connectivity index (χ2n) is 5.90. The third kappa shape index (κ3) is 6.20. The Hall–Kier alpha value is -2.13. The largest absolute Gasteiger partial charge is 0.465 e. The summed E-state index contributed by atoms with van der Waals surface area (Å²) in [4.78, 5) is 23.7.